The summed E-state index contributed by atoms with van der Waals surface area (Å²) in [6.07, 6.45) is -7.31. The first-order chi connectivity index (χ1) is 10.8. The molecule has 8 heteroatoms. The molecule has 1 atom stereocenters. The summed E-state index contributed by atoms with van der Waals surface area (Å²) < 4.78 is 43.2. The van der Waals surface area contributed by atoms with Crippen LogP contribution in [0.15, 0.2) is 18.2 Å². The molecule has 0 bridgehead atoms. The van der Waals surface area contributed by atoms with Crippen molar-refractivity contribution in [3.8, 4) is 0 Å². The molecule has 4 nitrogen and oxygen atoms in total. The molecular weight excluding hydrogens is 333 g/mol. The second-order valence-corrected chi connectivity index (χ2v) is 5.82. The summed E-state index contributed by atoms with van der Waals surface area (Å²) in [6, 6.07) is 4.38. The van der Waals surface area contributed by atoms with Crippen molar-refractivity contribution in [2.24, 2.45) is 0 Å². The zero-order valence-corrected chi connectivity index (χ0v) is 13.6. The topological polar surface area (TPSA) is 35.9 Å². The molecule has 0 aliphatic carbocycles. The smallest absolute Gasteiger partial charge is 0.383 e. The highest BCUT2D eigenvalue weighted by Crippen LogP contribution is 2.39. The molecule has 0 radical (unpaired) electrons. The zero-order valence-electron chi connectivity index (χ0n) is 12.8. The van der Waals surface area contributed by atoms with Crippen LogP contribution in [0.3, 0.4) is 0 Å². The fourth-order valence-electron chi connectivity index (χ4n) is 2.60. The third-order valence-electron chi connectivity index (χ3n) is 3.94. The van der Waals surface area contributed by atoms with Crippen LogP contribution in [0.4, 0.5) is 18.9 Å². The summed E-state index contributed by atoms with van der Waals surface area (Å²) >= 11 is 6.13. The molecule has 0 amide bonds. The van der Waals surface area contributed by atoms with Crippen LogP contribution in [0.2, 0.25) is 5.02 Å². The molecule has 2 rings (SSSR count). The minimum absolute atomic E-state index is 0.0392. The number of alkyl halides is 3. The SMILES string of the molecule is COCCN1CCN(c2cccc(C(O)C(F)(F)F)c2Cl)CC1. The largest absolute Gasteiger partial charge is 0.418 e. The Balaban J connectivity index is 2.10. The highest BCUT2D eigenvalue weighted by molar-refractivity contribution is 6.34. The number of piperazine rings is 1. The van der Waals surface area contributed by atoms with Gasteiger partial charge in [-0.2, -0.15) is 13.2 Å². The van der Waals surface area contributed by atoms with Gasteiger partial charge in [-0.15, -0.1) is 0 Å². The maximum Gasteiger partial charge on any atom is 0.418 e. The van der Waals surface area contributed by atoms with Crippen LogP contribution in [0.1, 0.15) is 11.7 Å². The minimum atomic E-state index is -4.74. The van der Waals surface area contributed by atoms with Crippen molar-refractivity contribution in [2.75, 3.05) is 51.3 Å². The molecule has 0 aromatic heterocycles. The van der Waals surface area contributed by atoms with E-state index in [0.29, 0.717) is 25.4 Å². The number of methoxy groups -OCH3 is 1. The molecular formula is C15H20ClF3N2O2. The molecule has 1 heterocycles. The van der Waals surface area contributed by atoms with Crippen LogP contribution in [0.25, 0.3) is 0 Å². The van der Waals surface area contributed by atoms with Gasteiger partial charge in [-0.1, -0.05) is 23.7 Å². The Kier molecular flexibility index (Phi) is 6.13. The summed E-state index contributed by atoms with van der Waals surface area (Å²) in [4.78, 5) is 4.17. The number of ether oxygens (including phenoxy) is 1. The molecule has 1 saturated heterocycles. The molecule has 1 unspecified atom stereocenters. The molecule has 1 aromatic rings. The summed E-state index contributed by atoms with van der Waals surface area (Å²) in [5, 5.41) is 9.41. The number of rotatable bonds is 5. The van der Waals surface area contributed by atoms with Crippen LogP contribution < -0.4 is 4.90 Å². The summed E-state index contributed by atoms with van der Waals surface area (Å²) in [5.41, 5.74) is 0.220. The van der Waals surface area contributed by atoms with Gasteiger partial charge in [0.05, 0.1) is 17.3 Å². The maximum absolute atomic E-state index is 12.7. The Bertz CT molecular complexity index is 520. The second kappa shape index (κ2) is 7.70. The van der Waals surface area contributed by atoms with E-state index in [1.54, 1.807) is 13.2 Å². The number of anilines is 1. The van der Waals surface area contributed by atoms with Gasteiger partial charge in [-0.05, 0) is 6.07 Å². The standard InChI is InChI=1S/C15H20ClF3N2O2/c1-23-10-9-20-5-7-21(8-6-20)12-4-2-3-11(13(12)16)14(22)15(17,18)19/h2-4,14,22H,5-10H2,1H3. The molecule has 1 aromatic carbocycles. The molecule has 23 heavy (non-hydrogen) atoms. The fraction of sp³-hybridized carbons (Fsp3) is 0.600. The second-order valence-electron chi connectivity index (χ2n) is 5.45. The molecule has 0 spiro atoms. The monoisotopic (exact) mass is 352 g/mol. The number of nitrogens with zero attached hydrogens (tertiary/aromatic N) is 2. The lowest BCUT2D eigenvalue weighted by Crippen LogP contribution is -2.47. The van der Waals surface area contributed by atoms with E-state index in [0.717, 1.165) is 19.6 Å². The Morgan fingerprint density at radius 3 is 2.48 bits per heavy atom. The van der Waals surface area contributed by atoms with Gasteiger partial charge < -0.3 is 14.7 Å². The Morgan fingerprint density at radius 1 is 1.26 bits per heavy atom. The summed E-state index contributed by atoms with van der Waals surface area (Å²) in [5.74, 6) is 0. The third-order valence-corrected chi connectivity index (χ3v) is 4.35. The van der Waals surface area contributed by atoms with Gasteiger partial charge in [0, 0.05) is 45.4 Å². The number of aliphatic hydroxyl groups excluding tert-OH is 1. The van der Waals surface area contributed by atoms with E-state index in [1.807, 2.05) is 4.90 Å². The van der Waals surface area contributed by atoms with Crippen molar-refractivity contribution in [3.05, 3.63) is 28.8 Å². The van der Waals surface area contributed by atoms with Crippen LogP contribution in [-0.2, 0) is 4.74 Å². The molecule has 1 N–H and O–H groups in total. The Morgan fingerprint density at radius 2 is 1.91 bits per heavy atom. The third kappa shape index (κ3) is 4.50. The van der Waals surface area contributed by atoms with Gasteiger partial charge in [0.25, 0.3) is 0 Å². The lowest BCUT2D eigenvalue weighted by molar-refractivity contribution is -0.206. The summed E-state index contributed by atoms with van der Waals surface area (Å²) in [7, 11) is 1.65. The first-order valence-corrected chi connectivity index (χ1v) is 7.72. The Labute approximate surface area is 138 Å². The van der Waals surface area contributed by atoms with Crippen molar-refractivity contribution < 1.29 is 23.0 Å². The predicted octanol–water partition coefficient (Wildman–Crippen LogP) is 2.70. The van der Waals surface area contributed by atoms with E-state index in [1.165, 1.54) is 12.1 Å². The maximum atomic E-state index is 12.7. The first kappa shape index (κ1) is 18.3. The highest BCUT2D eigenvalue weighted by Gasteiger charge is 2.41. The molecule has 0 saturated carbocycles. The highest BCUT2D eigenvalue weighted by atomic mass is 35.5. The van der Waals surface area contributed by atoms with Crippen LogP contribution in [0, 0.1) is 0 Å². The minimum Gasteiger partial charge on any atom is -0.383 e. The van der Waals surface area contributed by atoms with E-state index in [-0.39, 0.29) is 10.6 Å². The predicted molar refractivity (Wildman–Crippen MR) is 83.0 cm³/mol. The quantitative estimate of drug-likeness (QED) is 0.884. The van der Waals surface area contributed by atoms with Gasteiger partial charge in [0.1, 0.15) is 0 Å². The molecule has 1 fully saturated rings. The first-order valence-electron chi connectivity index (χ1n) is 7.34. The van der Waals surface area contributed by atoms with Crippen LogP contribution in [-0.4, -0.2) is 62.6 Å². The van der Waals surface area contributed by atoms with E-state index < -0.39 is 12.3 Å². The van der Waals surface area contributed by atoms with Crippen LogP contribution in [0.5, 0.6) is 0 Å². The normalized spacial score (nSPS) is 18.3. The average Bonchev–Trinajstić information content (AvgIpc) is 2.52. The lowest BCUT2D eigenvalue weighted by atomic mass is 10.1. The number of hydrogen-bond acceptors (Lipinski definition) is 4. The van der Waals surface area contributed by atoms with Gasteiger partial charge in [-0.25, -0.2) is 0 Å². The number of hydrogen-bond donors (Lipinski definition) is 1. The van der Waals surface area contributed by atoms with Crippen LogP contribution >= 0.6 is 11.6 Å². The average molecular weight is 353 g/mol. The van der Waals surface area contributed by atoms with Gasteiger partial charge in [-0.3, -0.25) is 4.90 Å². The molecule has 130 valence electrons. The Hall–Kier alpha value is -1.02. The number of benzene rings is 1. The van der Waals surface area contributed by atoms with Crippen molar-refractivity contribution in [1.29, 1.82) is 0 Å². The van der Waals surface area contributed by atoms with Gasteiger partial charge >= 0.3 is 6.18 Å². The number of halogens is 4. The lowest BCUT2D eigenvalue weighted by Gasteiger charge is -2.36. The van der Waals surface area contributed by atoms with E-state index in [4.69, 9.17) is 16.3 Å². The van der Waals surface area contributed by atoms with Crippen molar-refractivity contribution in [2.45, 2.75) is 12.3 Å². The zero-order chi connectivity index (χ0) is 17.0. The van der Waals surface area contributed by atoms with Crippen molar-refractivity contribution in [3.63, 3.8) is 0 Å². The molecule has 1 aliphatic heterocycles. The van der Waals surface area contributed by atoms with E-state index in [9.17, 15) is 18.3 Å². The van der Waals surface area contributed by atoms with Gasteiger partial charge in [0.15, 0.2) is 6.10 Å². The van der Waals surface area contributed by atoms with E-state index >= 15 is 0 Å². The number of aliphatic hydroxyl groups is 1. The van der Waals surface area contributed by atoms with Crippen molar-refractivity contribution in [1.82, 2.24) is 4.90 Å². The van der Waals surface area contributed by atoms with Gasteiger partial charge in [0.2, 0.25) is 0 Å². The van der Waals surface area contributed by atoms with E-state index in [2.05, 4.69) is 4.90 Å². The summed E-state index contributed by atoms with van der Waals surface area (Å²) in [6.45, 7) is 4.36. The fourth-order valence-corrected chi connectivity index (χ4v) is 2.95. The molecule has 1 aliphatic rings. The van der Waals surface area contributed by atoms with Crippen molar-refractivity contribution >= 4 is 17.3 Å².